The van der Waals surface area contributed by atoms with Crippen molar-refractivity contribution >= 4 is 44.9 Å². The number of hydrogen-bond donors (Lipinski definition) is 0. The summed E-state index contributed by atoms with van der Waals surface area (Å²) < 4.78 is 8.07. The zero-order valence-corrected chi connectivity index (χ0v) is 17.7. The number of thiophene rings is 1. The highest BCUT2D eigenvalue weighted by atomic mass is 32.1. The Bertz CT molecular complexity index is 1170. The Morgan fingerprint density at radius 2 is 1.67 bits per heavy atom. The van der Waals surface area contributed by atoms with E-state index in [4.69, 9.17) is 4.74 Å². The van der Waals surface area contributed by atoms with Crippen molar-refractivity contribution in [2.24, 2.45) is 0 Å². The Kier molecular flexibility index (Phi) is 3.84. The molecular weight excluding hydrogens is 368 g/mol. The van der Waals surface area contributed by atoms with E-state index in [1.165, 1.54) is 33.4 Å². The zero-order chi connectivity index (χ0) is 18.6. The standard InChI is InChI=1S/C22H22N2OSSi/c1-4-27(5-2,6-3)22-20-18-19(23-13-24-21(18)26-22)16-11-14-9-7-8-10-15(14)12-17(16)25-20/h7-13H,4-6H2,1-3H3. The van der Waals surface area contributed by atoms with Gasteiger partial charge in [-0.05, 0) is 22.9 Å². The summed E-state index contributed by atoms with van der Waals surface area (Å²) in [5.41, 5.74) is 2.10. The fraction of sp³-hybridized carbons (Fsp3) is 0.273. The summed E-state index contributed by atoms with van der Waals surface area (Å²) in [4.78, 5) is 10.4. The second-order valence-corrected chi connectivity index (χ2v) is 13.8. The lowest BCUT2D eigenvalue weighted by Gasteiger charge is -2.29. The van der Waals surface area contributed by atoms with Gasteiger partial charge in [-0.2, -0.15) is 0 Å². The zero-order valence-electron chi connectivity index (χ0n) is 15.9. The molecule has 3 nitrogen and oxygen atoms in total. The summed E-state index contributed by atoms with van der Waals surface area (Å²) in [6, 6.07) is 16.5. The van der Waals surface area contributed by atoms with Gasteiger partial charge < -0.3 is 4.74 Å². The smallest absolute Gasteiger partial charge is 0.148 e. The summed E-state index contributed by atoms with van der Waals surface area (Å²) in [5, 5.41) is 3.53. The maximum absolute atomic E-state index is 6.61. The minimum atomic E-state index is -1.58. The molecule has 0 atom stereocenters. The molecule has 0 N–H and O–H groups in total. The Morgan fingerprint density at radius 3 is 2.37 bits per heavy atom. The third-order valence-corrected chi connectivity index (χ3v) is 14.0. The van der Waals surface area contributed by atoms with Crippen LogP contribution in [0.25, 0.3) is 32.2 Å². The molecule has 0 bridgehead atoms. The van der Waals surface area contributed by atoms with Crippen LogP contribution in [0.4, 0.5) is 0 Å². The van der Waals surface area contributed by atoms with Crippen molar-refractivity contribution in [2.75, 3.05) is 0 Å². The van der Waals surface area contributed by atoms with Crippen molar-refractivity contribution in [3.05, 3.63) is 42.7 Å². The number of ether oxygens (including phenoxy) is 1. The Hall–Kier alpha value is -2.24. The summed E-state index contributed by atoms with van der Waals surface area (Å²) in [5.74, 6) is 1.97. The molecule has 0 aliphatic carbocycles. The minimum absolute atomic E-state index is 0.923. The maximum atomic E-state index is 6.61. The van der Waals surface area contributed by atoms with Gasteiger partial charge in [0.05, 0.1) is 11.1 Å². The largest absolute Gasteiger partial charge is 0.455 e. The predicted molar refractivity (Wildman–Crippen MR) is 117 cm³/mol. The van der Waals surface area contributed by atoms with Crippen molar-refractivity contribution in [1.82, 2.24) is 9.97 Å². The SMILES string of the molecule is CC[Si](CC)(CC)c1sc2ncnc3c2c1Oc1cc2ccccc2cc1-3. The monoisotopic (exact) mass is 390 g/mol. The number of hydrogen-bond acceptors (Lipinski definition) is 4. The van der Waals surface area contributed by atoms with E-state index in [0.29, 0.717) is 0 Å². The molecule has 1 aliphatic heterocycles. The van der Waals surface area contributed by atoms with Gasteiger partial charge in [-0.15, -0.1) is 11.3 Å². The molecule has 0 amide bonds. The van der Waals surface area contributed by atoms with Crippen LogP contribution in [0.2, 0.25) is 18.1 Å². The molecule has 0 fully saturated rings. The van der Waals surface area contributed by atoms with Gasteiger partial charge in [0.2, 0.25) is 0 Å². The summed E-state index contributed by atoms with van der Waals surface area (Å²) in [6.45, 7) is 7.02. The van der Waals surface area contributed by atoms with Crippen molar-refractivity contribution in [3.8, 4) is 22.8 Å². The van der Waals surface area contributed by atoms with Gasteiger partial charge in [-0.1, -0.05) is 63.2 Å². The van der Waals surface area contributed by atoms with Gasteiger partial charge in [0.25, 0.3) is 0 Å². The molecule has 5 heteroatoms. The number of fused-ring (bicyclic) bond motifs is 3. The van der Waals surface area contributed by atoms with E-state index in [2.05, 4.69) is 67.1 Å². The van der Waals surface area contributed by atoms with Gasteiger partial charge in [0.1, 0.15) is 30.7 Å². The molecule has 0 unspecified atom stereocenters. The first-order chi connectivity index (χ1) is 13.2. The second-order valence-electron chi connectivity index (χ2n) is 7.30. The quantitative estimate of drug-likeness (QED) is 0.336. The van der Waals surface area contributed by atoms with Crippen LogP contribution in [0, 0.1) is 0 Å². The molecular formula is C22H22N2OSSi. The van der Waals surface area contributed by atoms with Crippen LogP contribution >= 0.6 is 11.3 Å². The number of benzene rings is 2. The van der Waals surface area contributed by atoms with Gasteiger partial charge in [-0.3, -0.25) is 0 Å². The summed E-state index contributed by atoms with van der Waals surface area (Å²) in [6.07, 6.45) is 1.71. The van der Waals surface area contributed by atoms with E-state index in [1.54, 1.807) is 6.33 Å². The van der Waals surface area contributed by atoms with E-state index < -0.39 is 8.07 Å². The van der Waals surface area contributed by atoms with Crippen LogP contribution in [-0.2, 0) is 0 Å². The summed E-state index contributed by atoms with van der Waals surface area (Å²) >= 11 is 1.84. The average Bonchev–Trinajstić information content (AvgIpc) is 3.09. The lowest BCUT2D eigenvalue weighted by atomic mass is 10.0. The van der Waals surface area contributed by atoms with Gasteiger partial charge in [0.15, 0.2) is 0 Å². The van der Waals surface area contributed by atoms with Crippen molar-refractivity contribution < 1.29 is 4.74 Å². The Balaban J connectivity index is 1.84. The second kappa shape index (κ2) is 6.14. The van der Waals surface area contributed by atoms with E-state index in [9.17, 15) is 0 Å². The topological polar surface area (TPSA) is 35.0 Å². The molecule has 5 rings (SSSR count). The molecule has 0 saturated carbocycles. The lowest BCUT2D eigenvalue weighted by Crippen LogP contribution is -2.44. The lowest BCUT2D eigenvalue weighted by molar-refractivity contribution is 0.492. The molecule has 136 valence electrons. The van der Waals surface area contributed by atoms with E-state index in [1.807, 2.05) is 11.3 Å². The normalized spacial score (nSPS) is 13.0. The third-order valence-electron chi connectivity index (χ3n) is 6.27. The van der Waals surface area contributed by atoms with Gasteiger partial charge in [0, 0.05) is 10.1 Å². The van der Waals surface area contributed by atoms with E-state index >= 15 is 0 Å². The fourth-order valence-electron chi connectivity index (χ4n) is 4.39. The first-order valence-corrected chi connectivity index (χ1v) is 13.1. The highest BCUT2D eigenvalue weighted by molar-refractivity contribution is 7.32. The Morgan fingerprint density at radius 1 is 0.963 bits per heavy atom. The summed E-state index contributed by atoms with van der Waals surface area (Å²) in [7, 11) is -1.58. The maximum Gasteiger partial charge on any atom is 0.148 e. The first-order valence-electron chi connectivity index (χ1n) is 9.69. The molecule has 3 heterocycles. The molecule has 27 heavy (non-hydrogen) atoms. The molecule has 0 radical (unpaired) electrons. The molecule has 0 saturated heterocycles. The molecule has 2 aromatic heterocycles. The fourth-order valence-corrected chi connectivity index (χ4v) is 10.8. The van der Waals surface area contributed by atoms with E-state index in [-0.39, 0.29) is 0 Å². The van der Waals surface area contributed by atoms with Crippen LogP contribution in [-0.4, -0.2) is 18.0 Å². The van der Waals surface area contributed by atoms with Crippen LogP contribution in [0.3, 0.4) is 0 Å². The number of aromatic nitrogens is 2. The van der Waals surface area contributed by atoms with Crippen molar-refractivity contribution in [1.29, 1.82) is 0 Å². The first kappa shape index (κ1) is 16.9. The van der Waals surface area contributed by atoms with Gasteiger partial charge >= 0.3 is 0 Å². The van der Waals surface area contributed by atoms with Crippen LogP contribution in [0.1, 0.15) is 20.8 Å². The third kappa shape index (κ3) is 2.31. The number of nitrogens with zero attached hydrogens (tertiary/aromatic N) is 2. The molecule has 0 spiro atoms. The minimum Gasteiger partial charge on any atom is -0.455 e. The van der Waals surface area contributed by atoms with E-state index in [0.717, 1.165) is 33.0 Å². The Labute approximate surface area is 164 Å². The van der Waals surface area contributed by atoms with Crippen LogP contribution in [0.5, 0.6) is 11.5 Å². The molecule has 2 aromatic carbocycles. The van der Waals surface area contributed by atoms with Crippen molar-refractivity contribution in [3.63, 3.8) is 0 Å². The predicted octanol–water partition coefficient (Wildman–Crippen LogP) is 6.33. The highest BCUT2D eigenvalue weighted by Gasteiger charge is 2.38. The highest BCUT2D eigenvalue weighted by Crippen LogP contribution is 2.49. The van der Waals surface area contributed by atoms with Gasteiger partial charge in [-0.25, -0.2) is 9.97 Å². The van der Waals surface area contributed by atoms with Crippen LogP contribution < -0.4 is 9.24 Å². The van der Waals surface area contributed by atoms with Crippen LogP contribution in [0.15, 0.2) is 42.7 Å². The number of rotatable bonds is 4. The molecule has 4 aromatic rings. The van der Waals surface area contributed by atoms with Crippen molar-refractivity contribution in [2.45, 2.75) is 38.9 Å². The average molecular weight is 391 g/mol. The molecule has 1 aliphatic rings.